The van der Waals surface area contributed by atoms with Gasteiger partial charge in [0.15, 0.2) is 11.6 Å². The molecule has 6 nitrogen and oxygen atoms in total. The highest BCUT2D eigenvalue weighted by atomic mass is 19.1. The number of rotatable bonds is 2. The number of aromatic nitrogens is 4. The van der Waals surface area contributed by atoms with Crippen molar-refractivity contribution in [2.45, 2.75) is 32.9 Å². The molecule has 2 atom stereocenters. The standard InChI is InChI=1S/C23H25FN6/c1-13-10-30(11-14(2)25-13)18-5-6-21-19(9-18)15(3)26-23(27-21)16-7-17-12-29(4)28-22(17)20(24)8-16/h5-9,12-14,25H,10-11H2,1-4H3/t13-,14-/m1/s1. The van der Waals surface area contributed by atoms with E-state index in [2.05, 4.69) is 41.3 Å². The summed E-state index contributed by atoms with van der Waals surface area (Å²) in [6, 6.07) is 10.6. The molecule has 0 amide bonds. The first-order chi connectivity index (χ1) is 14.4. The Balaban J connectivity index is 1.56. The highest BCUT2D eigenvalue weighted by Gasteiger charge is 2.21. The Bertz CT molecular complexity index is 1250. The van der Waals surface area contributed by atoms with E-state index in [0.29, 0.717) is 29.0 Å². The van der Waals surface area contributed by atoms with Gasteiger partial charge in [-0.1, -0.05) is 0 Å². The Kier molecular flexibility index (Phi) is 4.43. The summed E-state index contributed by atoms with van der Waals surface area (Å²) >= 11 is 0. The molecule has 5 rings (SSSR count). The van der Waals surface area contributed by atoms with E-state index in [1.54, 1.807) is 17.9 Å². The van der Waals surface area contributed by atoms with Crippen LogP contribution in [-0.2, 0) is 7.05 Å². The van der Waals surface area contributed by atoms with Gasteiger partial charge in [-0.3, -0.25) is 4.68 Å². The van der Waals surface area contributed by atoms with E-state index in [0.717, 1.165) is 35.1 Å². The van der Waals surface area contributed by atoms with Crippen LogP contribution in [0.3, 0.4) is 0 Å². The van der Waals surface area contributed by atoms with Gasteiger partial charge in [0.2, 0.25) is 0 Å². The smallest absolute Gasteiger partial charge is 0.160 e. The van der Waals surface area contributed by atoms with Crippen LogP contribution in [0, 0.1) is 12.7 Å². The molecule has 1 N–H and O–H groups in total. The lowest BCUT2D eigenvalue weighted by Crippen LogP contribution is -2.54. The minimum Gasteiger partial charge on any atom is -0.368 e. The molecule has 0 spiro atoms. The third-order valence-electron chi connectivity index (χ3n) is 5.73. The molecule has 2 aromatic carbocycles. The van der Waals surface area contributed by atoms with Crippen LogP contribution in [0.2, 0.25) is 0 Å². The summed E-state index contributed by atoms with van der Waals surface area (Å²) in [5.74, 6) is 0.170. The van der Waals surface area contributed by atoms with Gasteiger partial charge < -0.3 is 10.2 Å². The molecular weight excluding hydrogens is 379 g/mol. The maximum Gasteiger partial charge on any atom is 0.160 e. The van der Waals surface area contributed by atoms with Crippen LogP contribution in [0.25, 0.3) is 33.2 Å². The van der Waals surface area contributed by atoms with Gasteiger partial charge in [-0.2, -0.15) is 5.10 Å². The van der Waals surface area contributed by atoms with E-state index in [9.17, 15) is 4.39 Å². The summed E-state index contributed by atoms with van der Waals surface area (Å²) in [6.45, 7) is 8.35. The zero-order chi connectivity index (χ0) is 21.0. The summed E-state index contributed by atoms with van der Waals surface area (Å²) in [4.78, 5) is 11.9. The predicted octanol–water partition coefficient (Wildman–Crippen LogP) is 3.82. The number of benzene rings is 2. The molecule has 1 fully saturated rings. The summed E-state index contributed by atoms with van der Waals surface area (Å²) in [5.41, 5.74) is 3.96. The number of fused-ring (bicyclic) bond motifs is 2. The lowest BCUT2D eigenvalue weighted by Gasteiger charge is -2.37. The Morgan fingerprint density at radius 2 is 1.83 bits per heavy atom. The van der Waals surface area contributed by atoms with Crippen LogP contribution >= 0.6 is 0 Å². The van der Waals surface area contributed by atoms with Crippen molar-refractivity contribution in [3.05, 3.63) is 48.0 Å². The Morgan fingerprint density at radius 3 is 2.60 bits per heavy atom. The first kappa shape index (κ1) is 18.9. The van der Waals surface area contributed by atoms with Crippen LogP contribution in [0.1, 0.15) is 19.5 Å². The molecule has 3 heterocycles. The molecule has 0 bridgehead atoms. The first-order valence-corrected chi connectivity index (χ1v) is 10.3. The van der Waals surface area contributed by atoms with E-state index in [4.69, 9.17) is 9.97 Å². The average Bonchev–Trinajstić information content (AvgIpc) is 3.08. The Morgan fingerprint density at radius 1 is 1.07 bits per heavy atom. The highest BCUT2D eigenvalue weighted by Crippen LogP contribution is 2.29. The van der Waals surface area contributed by atoms with Crippen molar-refractivity contribution in [2.24, 2.45) is 7.05 Å². The minimum absolute atomic E-state index is 0.359. The number of hydrogen-bond donors (Lipinski definition) is 1. The van der Waals surface area contributed by atoms with Crippen LogP contribution in [0.5, 0.6) is 0 Å². The van der Waals surface area contributed by atoms with Gasteiger partial charge in [0.05, 0.1) is 5.52 Å². The van der Waals surface area contributed by atoms with Gasteiger partial charge in [0.1, 0.15) is 5.52 Å². The third-order valence-corrected chi connectivity index (χ3v) is 5.73. The number of piperazine rings is 1. The van der Waals surface area contributed by atoms with Gasteiger partial charge in [0.25, 0.3) is 0 Å². The van der Waals surface area contributed by atoms with E-state index < -0.39 is 0 Å². The number of hydrogen-bond acceptors (Lipinski definition) is 5. The normalized spacial score (nSPS) is 19.7. The third kappa shape index (κ3) is 3.29. The van der Waals surface area contributed by atoms with Gasteiger partial charge in [-0.15, -0.1) is 0 Å². The second-order valence-electron chi connectivity index (χ2n) is 8.41. The zero-order valence-electron chi connectivity index (χ0n) is 17.6. The number of halogens is 1. The molecule has 1 aliphatic rings. The largest absolute Gasteiger partial charge is 0.368 e. The predicted molar refractivity (Wildman–Crippen MR) is 118 cm³/mol. The molecular formula is C23H25FN6. The van der Waals surface area contributed by atoms with Gasteiger partial charge in [-0.05, 0) is 51.1 Å². The molecule has 7 heteroatoms. The lowest BCUT2D eigenvalue weighted by atomic mass is 10.1. The lowest BCUT2D eigenvalue weighted by molar-refractivity contribution is 0.407. The number of aryl methyl sites for hydroxylation is 2. The molecule has 154 valence electrons. The van der Waals surface area contributed by atoms with Gasteiger partial charge in [-0.25, -0.2) is 14.4 Å². The maximum atomic E-state index is 14.5. The van der Waals surface area contributed by atoms with Crippen molar-refractivity contribution in [3.63, 3.8) is 0 Å². The van der Waals surface area contributed by atoms with E-state index >= 15 is 0 Å². The monoisotopic (exact) mass is 404 g/mol. The first-order valence-electron chi connectivity index (χ1n) is 10.3. The molecule has 30 heavy (non-hydrogen) atoms. The molecule has 0 radical (unpaired) electrons. The van der Waals surface area contributed by atoms with Crippen LogP contribution in [0.4, 0.5) is 10.1 Å². The molecule has 0 saturated carbocycles. The topological polar surface area (TPSA) is 58.9 Å². The van der Waals surface area contributed by atoms with Crippen molar-refractivity contribution in [2.75, 3.05) is 18.0 Å². The Labute approximate surface area is 174 Å². The number of nitrogens with zero attached hydrogens (tertiary/aromatic N) is 5. The van der Waals surface area contributed by atoms with Crippen LogP contribution in [0.15, 0.2) is 36.5 Å². The average molecular weight is 404 g/mol. The summed E-state index contributed by atoms with van der Waals surface area (Å²) in [7, 11) is 1.78. The summed E-state index contributed by atoms with van der Waals surface area (Å²) in [6.07, 6.45) is 1.80. The summed E-state index contributed by atoms with van der Waals surface area (Å²) < 4.78 is 16.2. The van der Waals surface area contributed by atoms with Crippen LogP contribution < -0.4 is 10.2 Å². The Hall–Kier alpha value is -3.06. The second-order valence-corrected chi connectivity index (χ2v) is 8.41. The number of nitrogens with one attached hydrogen (secondary N) is 1. The SMILES string of the molecule is Cc1nc(-c2cc(F)c3nn(C)cc3c2)nc2ccc(N3C[C@@H](C)N[C@H](C)C3)cc12. The van der Waals surface area contributed by atoms with Crippen molar-refractivity contribution < 1.29 is 4.39 Å². The van der Waals surface area contributed by atoms with Crippen molar-refractivity contribution in [1.82, 2.24) is 25.1 Å². The van der Waals surface area contributed by atoms with Crippen molar-refractivity contribution in [3.8, 4) is 11.4 Å². The highest BCUT2D eigenvalue weighted by molar-refractivity contribution is 5.88. The van der Waals surface area contributed by atoms with Gasteiger partial charge in [0, 0.05) is 66.1 Å². The fourth-order valence-corrected chi connectivity index (χ4v) is 4.47. The van der Waals surface area contributed by atoms with Crippen molar-refractivity contribution >= 4 is 27.5 Å². The minimum atomic E-state index is -0.359. The van der Waals surface area contributed by atoms with Gasteiger partial charge >= 0.3 is 0 Å². The molecule has 0 unspecified atom stereocenters. The second kappa shape index (κ2) is 7.02. The van der Waals surface area contributed by atoms with E-state index in [1.165, 1.54) is 11.8 Å². The maximum absolute atomic E-state index is 14.5. The fraction of sp³-hybridized carbons (Fsp3) is 0.348. The van der Waals surface area contributed by atoms with E-state index in [1.807, 2.05) is 19.1 Å². The summed E-state index contributed by atoms with van der Waals surface area (Å²) in [5, 5.41) is 9.51. The quantitative estimate of drug-likeness (QED) is 0.550. The molecule has 2 aromatic heterocycles. The fourth-order valence-electron chi connectivity index (χ4n) is 4.47. The van der Waals surface area contributed by atoms with E-state index in [-0.39, 0.29) is 5.82 Å². The molecule has 1 aliphatic heterocycles. The molecule has 0 aliphatic carbocycles. The number of anilines is 1. The van der Waals surface area contributed by atoms with Crippen molar-refractivity contribution in [1.29, 1.82) is 0 Å². The molecule has 4 aromatic rings. The zero-order valence-corrected chi connectivity index (χ0v) is 17.6. The molecule has 1 saturated heterocycles. The van der Waals surface area contributed by atoms with Crippen LogP contribution in [-0.4, -0.2) is 44.9 Å².